The number of hydrogen-bond acceptors (Lipinski definition) is 5. The first kappa shape index (κ1) is 21.0. The molecule has 6 nitrogen and oxygen atoms in total. The van der Waals surface area contributed by atoms with Crippen LogP contribution < -0.4 is 0 Å². The van der Waals surface area contributed by atoms with Gasteiger partial charge in [0.05, 0.1) is 12.1 Å². The molecule has 0 unspecified atom stereocenters. The lowest BCUT2D eigenvalue weighted by molar-refractivity contribution is -0.250. The van der Waals surface area contributed by atoms with Crippen LogP contribution in [0.2, 0.25) is 0 Å². The van der Waals surface area contributed by atoms with Crippen molar-refractivity contribution in [3.63, 3.8) is 0 Å². The van der Waals surface area contributed by atoms with Crippen LogP contribution in [0.5, 0.6) is 0 Å². The highest BCUT2D eigenvalue weighted by Gasteiger charge is 2.44. The number of nitrogens with zero attached hydrogens (tertiary/aromatic N) is 1. The summed E-state index contributed by atoms with van der Waals surface area (Å²) >= 11 is 7.07. The van der Waals surface area contributed by atoms with Gasteiger partial charge in [-0.05, 0) is 41.8 Å². The summed E-state index contributed by atoms with van der Waals surface area (Å²) in [5.41, 5.74) is 2.96. The summed E-state index contributed by atoms with van der Waals surface area (Å²) in [6, 6.07) is 13.8. The van der Waals surface area contributed by atoms with E-state index < -0.39 is 37.3 Å². The van der Waals surface area contributed by atoms with Crippen molar-refractivity contribution in [2.75, 3.05) is 6.61 Å². The van der Waals surface area contributed by atoms with Crippen molar-refractivity contribution in [2.24, 2.45) is 0 Å². The third-order valence-electron chi connectivity index (χ3n) is 5.33. The lowest BCUT2D eigenvalue weighted by atomic mass is 9.98. The molecule has 0 aliphatic carbocycles. The Balaban J connectivity index is 1.79. The normalized spacial score (nSPS) is 27.4. The van der Waals surface area contributed by atoms with Crippen LogP contribution in [-0.2, 0) is 11.2 Å². The van der Waals surface area contributed by atoms with Gasteiger partial charge in [0.2, 0.25) is 0 Å². The van der Waals surface area contributed by atoms with Gasteiger partial charge in [-0.15, -0.1) is 0 Å². The van der Waals surface area contributed by atoms with E-state index in [9.17, 15) is 20.4 Å². The molecule has 2 aromatic carbocycles. The molecule has 8 heteroatoms. The fraction of sp³-hybridized carbons (Fsp3) is 0.333. The van der Waals surface area contributed by atoms with E-state index in [0.29, 0.717) is 6.42 Å². The zero-order chi connectivity index (χ0) is 20.7. The number of halogens is 2. The van der Waals surface area contributed by atoms with E-state index in [-0.39, 0.29) is 0 Å². The zero-order valence-corrected chi connectivity index (χ0v) is 18.5. The third kappa shape index (κ3) is 3.90. The highest BCUT2D eigenvalue weighted by molar-refractivity contribution is 9.11. The van der Waals surface area contributed by atoms with Crippen molar-refractivity contribution in [3.8, 4) is 0 Å². The quantitative estimate of drug-likeness (QED) is 0.419. The molecule has 0 radical (unpaired) electrons. The van der Waals surface area contributed by atoms with Crippen molar-refractivity contribution >= 4 is 42.8 Å². The van der Waals surface area contributed by atoms with Crippen molar-refractivity contribution < 1.29 is 25.2 Å². The second-order valence-electron chi connectivity index (χ2n) is 7.22. The Morgan fingerprint density at radius 2 is 1.66 bits per heavy atom. The van der Waals surface area contributed by atoms with Crippen molar-refractivity contribution in [2.45, 2.75) is 37.1 Å². The predicted octanol–water partition coefficient (Wildman–Crippen LogP) is 2.73. The molecule has 0 spiro atoms. The van der Waals surface area contributed by atoms with E-state index in [2.05, 4.69) is 31.9 Å². The number of ether oxygens (including phenoxy) is 1. The Morgan fingerprint density at radius 3 is 2.34 bits per heavy atom. The molecule has 1 aromatic heterocycles. The van der Waals surface area contributed by atoms with E-state index in [0.717, 1.165) is 31.0 Å². The van der Waals surface area contributed by atoms with Crippen molar-refractivity contribution in [1.82, 2.24) is 4.57 Å². The molecule has 0 saturated carbocycles. The van der Waals surface area contributed by atoms with Crippen LogP contribution >= 0.6 is 31.9 Å². The average molecular weight is 527 g/mol. The van der Waals surface area contributed by atoms with E-state index in [1.54, 1.807) is 4.57 Å². The smallest absolute Gasteiger partial charge is 0.163 e. The summed E-state index contributed by atoms with van der Waals surface area (Å²) in [7, 11) is 0. The first-order valence-electron chi connectivity index (χ1n) is 9.23. The lowest BCUT2D eigenvalue weighted by Gasteiger charge is -2.40. The van der Waals surface area contributed by atoms with Gasteiger partial charge in [-0.1, -0.05) is 50.1 Å². The summed E-state index contributed by atoms with van der Waals surface area (Å²) in [6.07, 6.45) is -3.50. The first-order valence-corrected chi connectivity index (χ1v) is 10.8. The number of aliphatic hydroxyl groups excluding tert-OH is 4. The summed E-state index contributed by atoms with van der Waals surface area (Å²) in [5.74, 6) is 0. The van der Waals surface area contributed by atoms with Crippen LogP contribution in [0.4, 0.5) is 0 Å². The van der Waals surface area contributed by atoms with Crippen LogP contribution in [-0.4, -0.2) is 56.0 Å². The number of fused-ring (bicyclic) bond motifs is 1. The minimum absolute atomic E-state index is 0.462. The average Bonchev–Trinajstić information content (AvgIpc) is 3.08. The van der Waals surface area contributed by atoms with Gasteiger partial charge in [0, 0.05) is 20.5 Å². The molecule has 4 rings (SSSR count). The van der Waals surface area contributed by atoms with Gasteiger partial charge in [0.25, 0.3) is 0 Å². The molecule has 154 valence electrons. The fourth-order valence-corrected chi connectivity index (χ4v) is 4.70. The van der Waals surface area contributed by atoms with E-state index in [1.165, 1.54) is 0 Å². The molecule has 4 N–H and O–H groups in total. The van der Waals surface area contributed by atoms with Gasteiger partial charge in [-0.3, -0.25) is 0 Å². The summed E-state index contributed by atoms with van der Waals surface area (Å²) in [4.78, 5) is 0. The topological polar surface area (TPSA) is 95.1 Å². The second kappa shape index (κ2) is 8.47. The molecule has 0 bridgehead atoms. The minimum atomic E-state index is -1.43. The Bertz CT molecular complexity index is 1000. The first-order chi connectivity index (χ1) is 13.9. The van der Waals surface area contributed by atoms with E-state index >= 15 is 0 Å². The van der Waals surface area contributed by atoms with Crippen LogP contribution in [0.15, 0.2) is 57.6 Å². The second-order valence-corrected chi connectivity index (χ2v) is 8.99. The standard InChI is InChI=1S/C21H21Br2NO5/c22-13-6-4-11(5-7-13)8-12-9-24(15-3-1-2-14(23)17(12)15)21-20(28)19(27)18(26)16(10-25)29-21/h1-7,9,16,18-21,25-28H,8,10H2/t16-,18-,19+,20-,21-/m1/s1. The summed E-state index contributed by atoms with van der Waals surface area (Å²) in [5, 5.41) is 41.4. The van der Waals surface area contributed by atoms with Crippen LogP contribution in [0.3, 0.4) is 0 Å². The van der Waals surface area contributed by atoms with Crippen LogP contribution in [0.1, 0.15) is 17.4 Å². The SMILES string of the molecule is OC[C@H]1O[C@@H](n2cc(Cc3ccc(Br)cc3)c3c(Br)cccc32)[C@H](O)[C@@H](O)[C@@H]1O. The van der Waals surface area contributed by atoms with Gasteiger partial charge in [-0.25, -0.2) is 0 Å². The Kier molecular flexibility index (Phi) is 6.13. The molecule has 1 aliphatic heterocycles. The highest BCUT2D eigenvalue weighted by atomic mass is 79.9. The number of benzene rings is 2. The molecule has 3 aromatic rings. The van der Waals surface area contributed by atoms with Gasteiger partial charge in [0.15, 0.2) is 6.23 Å². The molecule has 5 atom stereocenters. The van der Waals surface area contributed by atoms with Crippen molar-refractivity contribution in [1.29, 1.82) is 0 Å². The molecular weight excluding hydrogens is 506 g/mol. The van der Waals surface area contributed by atoms with E-state index in [4.69, 9.17) is 4.74 Å². The molecule has 29 heavy (non-hydrogen) atoms. The molecule has 1 fully saturated rings. The Morgan fingerprint density at radius 1 is 0.931 bits per heavy atom. The van der Waals surface area contributed by atoms with Gasteiger partial charge < -0.3 is 29.7 Å². The maximum Gasteiger partial charge on any atom is 0.163 e. The highest BCUT2D eigenvalue weighted by Crippen LogP contribution is 2.36. The van der Waals surface area contributed by atoms with Gasteiger partial charge in [-0.2, -0.15) is 0 Å². The van der Waals surface area contributed by atoms with Crippen LogP contribution in [0.25, 0.3) is 10.9 Å². The lowest BCUT2D eigenvalue weighted by Crippen LogP contribution is -2.56. The largest absolute Gasteiger partial charge is 0.394 e. The molecule has 0 amide bonds. The number of aliphatic hydroxyl groups is 4. The maximum atomic E-state index is 10.6. The number of aromatic nitrogens is 1. The Hall–Kier alpha value is -1.26. The summed E-state index contributed by atoms with van der Waals surface area (Å²) in [6.45, 7) is -0.462. The van der Waals surface area contributed by atoms with Crippen LogP contribution in [0, 0.1) is 0 Å². The summed E-state index contributed by atoms with van der Waals surface area (Å²) < 4.78 is 9.45. The predicted molar refractivity (Wildman–Crippen MR) is 116 cm³/mol. The number of hydrogen-bond donors (Lipinski definition) is 4. The van der Waals surface area contributed by atoms with Gasteiger partial charge >= 0.3 is 0 Å². The third-order valence-corrected chi connectivity index (χ3v) is 6.52. The molecular formula is C21H21Br2NO5. The monoisotopic (exact) mass is 525 g/mol. The molecule has 2 heterocycles. The van der Waals surface area contributed by atoms with Crippen molar-refractivity contribution in [3.05, 3.63) is 68.7 Å². The maximum absolute atomic E-state index is 10.6. The van der Waals surface area contributed by atoms with Gasteiger partial charge in [0.1, 0.15) is 24.4 Å². The number of rotatable bonds is 4. The Labute approximate surface area is 184 Å². The fourth-order valence-electron chi connectivity index (χ4n) is 3.83. The molecule has 1 aliphatic rings. The molecule has 1 saturated heterocycles. The zero-order valence-electron chi connectivity index (χ0n) is 15.3. The van der Waals surface area contributed by atoms with E-state index in [1.807, 2.05) is 48.7 Å². The minimum Gasteiger partial charge on any atom is -0.394 e.